The van der Waals surface area contributed by atoms with E-state index in [1.807, 2.05) is 68.6 Å². The lowest BCUT2D eigenvalue weighted by Crippen LogP contribution is -2.28. The molecule has 2 aromatic rings. The summed E-state index contributed by atoms with van der Waals surface area (Å²) in [5, 5.41) is 2.89. The van der Waals surface area contributed by atoms with Gasteiger partial charge in [0.25, 0.3) is 0 Å². The lowest BCUT2D eigenvalue weighted by molar-refractivity contribution is -0.116. The molecule has 0 aromatic heterocycles. The van der Waals surface area contributed by atoms with Gasteiger partial charge in [0, 0.05) is 25.2 Å². The minimum atomic E-state index is 0.0304. The van der Waals surface area contributed by atoms with Gasteiger partial charge in [0.15, 0.2) is 0 Å². The molecule has 23 heavy (non-hydrogen) atoms. The third-order valence-electron chi connectivity index (χ3n) is 3.60. The minimum Gasteiger partial charge on any atom is -0.492 e. The topological polar surface area (TPSA) is 41.6 Å². The van der Waals surface area contributed by atoms with Gasteiger partial charge in [0.2, 0.25) is 5.91 Å². The molecule has 0 bridgehead atoms. The second-order valence-electron chi connectivity index (χ2n) is 5.58. The number of benzene rings is 2. The van der Waals surface area contributed by atoms with Crippen LogP contribution in [0.3, 0.4) is 0 Å². The Kier molecular flexibility index (Phi) is 6.63. The van der Waals surface area contributed by atoms with E-state index in [1.54, 1.807) is 0 Å². The Bertz CT molecular complexity index is 614. The van der Waals surface area contributed by atoms with Gasteiger partial charge in [-0.3, -0.25) is 4.79 Å². The van der Waals surface area contributed by atoms with Crippen molar-refractivity contribution < 1.29 is 9.53 Å². The monoisotopic (exact) mass is 312 g/mol. The largest absolute Gasteiger partial charge is 0.492 e. The van der Waals surface area contributed by atoms with Crippen molar-refractivity contribution in [2.45, 2.75) is 13.3 Å². The summed E-state index contributed by atoms with van der Waals surface area (Å²) in [6.07, 6.45) is 0.468. The van der Waals surface area contributed by atoms with Gasteiger partial charge in [0.05, 0.1) is 0 Å². The van der Waals surface area contributed by atoms with Gasteiger partial charge in [-0.1, -0.05) is 36.4 Å². The molecular weight excluding hydrogens is 288 g/mol. The molecule has 122 valence electrons. The first-order valence-corrected chi connectivity index (χ1v) is 7.87. The Balaban J connectivity index is 1.64. The van der Waals surface area contributed by atoms with E-state index in [9.17, 15) is 4.79 Å². The Morgan fingerprint density at radius 1 is 1.04 bits per heavy atom. The first kappa shape index (κ1) is 17.0. The van der Waals surface area contributed by atoms with Crippen molar-refractivity contribution in [2.75, 3.05) is 32.1 Å². The Morgan fingerprint density at radius 2 is 1.74 bits per heavy atom. The number of amides is 1. The van der Waals surface area contributed by atoms with E-state index in [0.29, 0.717) is 19.6 Å². The molecule has 2 aromatic carbocycles. The number of likely N-dealkylation sites (N-methyl/N-ethyl adjacent to an activating group) is 1. The van der Waals surface area contributed by atoms with E-state index in [-0.39, 0.29) is 5.91 Å². The fourth-order valence-electron chi connectivity index (χ4n) is 2.18. The lowest BCUT2D eigenvalue weighted by Gasteiger charge is -2.17. The van der Waals surface area contributed by atoms with Gasteiger partial charge in [-0.2, -0.15) is 0 Å². The minimum absolute atomic E-state index is 0.0304. The number of carbonyl (C=O) groups excluding carboxylic acids is 1. The Morgan fingerprint density at radius 3 is 2.48 bits per heavy atom. The van der Waals surface area contributed by atoms with Crippen LogP contribution in [0.25, 0.3) is 0 Å². The van der Waals surface area contributed by atoms with Crippen LogP contribution in [-0.4, -0.2) is 37.6 Å². The molecule has 0 heterocycles. The summed E-state index contributed by atoms with van der Waals surface area (Å²) in [5.74, 6) is 0.950. The number of nitrogens with zero attached hydrogens (tertiary/aromatic N) is 1. The second kappa shape index (κ2) is 8.96. The first-order chi connectivity index (χ1) is 11.1. The van der Waals surface area contributed by atoms with Crippen molar-refractivity contribution in [3.63, 3.8) is 0 Å². The van der Waals surface area contributed by atoms with E-state index < -0.39 is 0 Å². The van der Waals surface area contributed by atoms with Crippen molar-refractivity contribution in [2.24, 2.45) is 0 Å². The molecule has 0 spiro atoms. The summed E-state index contributed by atoms with van der Waals surface area (Å²) < 4.78 is 5.77. The highest BCUT2D eigenvalue weighted by atomic mass is 16.5. The SMILES string of the molecule is Cc1ccccc1OCCN(C)CCC(=O)Nc1ccccc1. The highest BCUT2D eigenvalue weighted by Crippen LogP contribution is 2.15. The van der Waals surface area contributed by atoms with E-state index in [1.165, 1.54) is 0 Å². The smallest absolute Gasteiger partial charge is 0.225 e. The molecule has 0 radical (unpaired) electrons. The second-order valence-corrected chi connectivity index (χ2v) is 5.58. The van der Waals surface area contributed by atoms with Crippen molar-refractivity contribution in [3.05, 3.63) is 60.2 Å². The van der Waals surface area contributed by atoms with Crippen LogP contribution in [0.15, 0.2) is 54.6 Å². The van der Waals surface area contributed by atoms with Gasteiger partial charge in [-0.25, -0.2) is 0 Å². The zero-order chi connectivity index (χ0) is 16.5. The molecule has 0 atom stereocenters. The Labute approximate surface area is 138 Å². The van der Waals surface area contributed by atoms with E-state index >= 15 is 0 Å². The maximum absolute atomic E-state index is 11.9. The summed E-state index contributed by atoms with van der Waals surface area (Å²) in [4.78, 5) is 14.0. The summed E-state index contributed by atoms with van der Waals surface area (Å²) in [5.41, 5.74) is 1.97. The fraction of sp³-hybridized carbons (Fsp3) is 0.316. The van der Waals surface area contributed by atoms with Crippen LogP contribution in [0.4, 0.5) is 5.69 Å². The number of ether oxygens (including phenoxy) is 1. The number of hydrogen-bond acceptors (Lipinski definition) is 3. The zero-order valence-corrected chi connectivity index (χ0v) is 13.8. The predicted molar refractivity (Wildman–Crippen MR) is 93.9 cm³/mol. The molecule has 0 aliphatic heterocycles. The molecule has 4 heteroatoms. The third kappa shape index (κ3) is 6.12. The maximum Gasteiger partial charge on any atom is 0.225 e. The van der Waals surface area contributed by atoms with Crippen LogP contribution < -0.4 is 10.1 Å². The molecule has 2 rings (SSSR count). The van der Waals surface area contributed by atoms with E-state index in [4.69, 9.17) is 4.74 Å². The molecule has 0 saturated heterocycles. The van der Waals surface area contributed by atoms with Crippen LogP contribution in [0, 0.1) is 6.92 Å². The third-order valence-corrected chi connectivity index (χ3v) is 3.60. The number of hydrogen-bond donors (Lipinski definition) is 1. The van der Waals surface area contributed by atoms with Gasteiger partial charge >= 0.3 is 0 Å². The van der Waals surface area contributed by atoms with Crippen LogP contribution in [-0.2, 0) is 4.79 Å². The maximum atomic E-state index is 11.9. The van der Waals surface area contributed by atoms with Crippen LogP contribution in [0.2, 0.25) is 0 Å². The van der Waals surface area contributed by atoms with Gasteiger partial charge in [-0.15, -0.1) is 0 Å². The van der Waals surface area contributed by atoms with Gasteiger partial charge < -0.3 is 15.0 Å². The standard InChI is InChI=1S/C19H24N2O2/c1-16-8-6-7-11-18(16)23-15-14-21(2)13-12-19(22)20-17-9-4-3-5-10-17/h3-11H,12-15H2,1-2H3,(H,20,22). The molecule has 0 unspecified atom stereocenters. The van der Waals surface area contributed by atoms with Crippen molar-refractivity contribution in [1.29, 1.82) is 0 Å². The quantitative estimate of drug-likeness (QED) is 0.813. The van der Waals surface area contributed by atoms with Gasteiger partial charge in [0.1, 0.15) is 12.4 Å². The molecule has 0 saturated carbocycles. The predicted octanol–water partition coefficient (Wildman–Crippen LogP) is 3.33. The molecule has 4 nitrogen and oxygen atoms in total. The summed E-state index contributed by atoms with van der Waals surface area (Å²) in [6.45, 7) is 4.14. The Hall–Kier alpha value is -2.33. The van der Waals surface area contributed by atoms with Crippen molar-refractivity contribution >= 4 is 11.6 Å². The number of anilines is 1. The van der Waals surface area contributed by atoms with Crippen LogP contribution in [0.1, 0.15) is 12.0 Å². The normalized spacial score (nSPS) is 10.6. The molecule has 0 aliphatic rings. The highest BCUT2D eigenvalue weighted by Gasteiger charge is 2.05. The van der Waals surface area contributed by atoms with Crippen LogP contribution in [0.5, 0.6) is 5.75 Å². The summed E-state index contributed by atoms with van der Waals surface area (Å²) in [7, 11) is 2.00. The van der Waals surface area contributed by atoms with E-state index in [0.717, 1.165) is 23.5 Å². The number of rotatable bonds is 8. The molecule has 0 aliphatic carbocycles. The number of aryl methyl sites for hydroxylation is 1. The van der Waals surface area contributed by atoms with Crippen LogP contribution >= 0.6 is 0 Å². The number of carbonyl (C=O) groups is 1. The first-order valence-electron chi connectivity index (χ1n) is 7.87. The summed E-state index contributed by atoms with van der Waals surface area (Å²) in [6, 6.07) is 17.5. The fourth-order valence-corrected chi connectivity index (χ4v) is 2.18. The average Bonchev–Trinajstić information content (AvgIpc) is 2.56. The highest BCUT2D eigenvalue weighted by molar-refractivity contribution is 5.90. The average molecular weight is 312 g/mol. The molecule has 1 amide bonds. The molecule has 1 N–H and O–H groups in total. The molecular formula is C19H24N2O2. The van der Waals surface area contributed by atoms with Crippen molar-refractivity contribution in [3.8, 4) is 5.75 Å². The lowest BCUT2D eigenvalue weighted by atomic mass is 10.2. The molecule has 0 fully saturated rings. The number of para-hydroxylation sites is 2. The zero-order valence-electron chi connectivity index (χ0n) is 13.8. The van der Waals surface area contributed by atoms with Crippen molar-refractivity contribution in [1.82, 2.24) is 4.90 Å². The van der Waals surface area contributed by atoms with E-state index in [2.05, 4.69) is 10.2 Å². The van der Waals surface area contributed by atoms with Gasteiger partial charge in [-0.05, 0) is 37.7 Å². The summed E-state index contributed by atoms with van der Waals surface area (Å²) >= 11 is 0. The number of nitrogens with one attached hydrogen (secondary N) is 1.